The van der Waals surface area contributed by atoms with Gasteiger partial charge in [-0.05, 0) is 260 Å². The molecule has 1 aromatic rings. The van der Waals surface area contributed by atoms with Crippen molar-refractivity contribution >= 4 is 81.5 Å². The number of halogens is 4. The van der Waals surface area contributed by atoms with Crippen molar-refractivity contribution in [2.24, 2.45) is 101 Å². The van der Waals surface area contributed by atoms with Gasteiger partial charge in [0.2, 0.25) is 0 Å². The molecule has 26 atom stereocenters. The number of aliphatic hydroxyl groups is 5. The quantitative estimate of drug-likeness (QED) is 0.0644. The van der Waals surface area contributed by atoms with Crippen LogP contribution in [0.25, 0.3) is 0 Å². The highest BCUT2D eigenvalue weighted by Crippen LogP contribution is 2.91. The summed E-state index contributed by atoms with van der Waals surface area (Å²) in [6.45, 7) is 39.7. The van der Waals surface area contributed by atoms with Gasteiger partial charge < -0.3 is 59.1 Å². The first-order valence-corrected chi connectivity index (χ1v) is 40.3. The third-order valence-corrected chi connectivity index (χ3v) is 32.0. The minimum absolute atomic E-state index is 0.0221. The summed E-state index contributed by atoms with van der Waals surface area (Å²) in [6, 6.07) is 2.81. The van der Waals surface area contributed by atoms with Crippen LogP contribution in [0.5, 0.6) is 0 Å². The highest BCUT2D eigenvalue weighted by atomic mass is 35.5. The van der Waals surface area contributed by atoms with Crippen LogP contribution in [0.3, 0.4) is 0 Å². The van der Waals surface area contributed by atoms with Crippen LogP contribution in [0, 0.1) is 101 Å². The lowest BCUT2D eigenvalue weighted by Crippen LogP contribution is -2.60. The Morgan fingerprint density at radius 1 is 0.567 bits per heavy atom. The summed E-state index contributed by atoms with van der Waals surface area (Å²) in [6.07, 6.45) is 11.8. The number of carboxylic acid groups (broad SMARTS) is 1. The molecule has 1 aromatic carbocycles. The molecule has 0 amide bonds. The van der Waals surface area contributed by atoms with Gasteiger partial charge in [-0.15, -0.1) is 0 Å². The maximum absolute atomic E-state index is 13.0. The Balaban J connectivity index is 0.000000185. The van der Waals surface area contributed by atoms with Crippen molar-refractivity contribution in [1.82, 2.24) is 0 Å². The van der Waals surface area contributed by atoms with E-state index in [9.17, 15) is 54.3 Å². The second-order valence-corrected chi connectivity index (χ2v) is 40.4. The van der Waals surface area contributed by atoms with Gasteiger partial charge in [0.15, 0.2) is 12.2 Å². The summed E-state index contributed by atoms with van der Waals surface area (Å²) in [5.74, 6) is 0.349. The largest absolute Gasteiger partial charge is 0.481 e. The molecule has 12 fully saturated rings. The van der Waals surface area contributed by atoms with Gasteiger partial charge in [-0.1, -0.05) is 111 Å². The van der Waals surface area contributed by atoms with Crippen LogP contribution in [0.2, 0.25) is 15.1 Å². The first kappa shape index (κ1) is 83.6. The van der Waals surface area contributed by atoms with Gasteiger partial charge in [-0.2, -0.15) is 0 Å². The first-order chi connectivity index (χ1) is 47.7. The molecule has 12 aliphatic rings. The molecule has 22 heteroatoms. The summed E-state index contributed by atoms with van der Waals surface area (Å²) in [5, 5.41) is 65.4. The molecular weight excluding hydrogens is 1410 g/mol. The fourth-order valence-corrected chi connectivity index (χ4v) is 27.8. The van der Waals surface area contributed by atoms with Crippen LogP contribution < -0.4 is 0 Å². The second kappa shape index (κ2) is 28.4. The number of carbonyl (C=O) groups excluding carboxylic acids is 5. The smallest absolute Gasteiger partial charge is 0.306 e. The summed E-state index contributed by atoms with van der Waals surface area (Å²) in [4.78, 5) is 69.4. The lowest BCUT2D eigenvalue weighted by Gasteiger charge is -2.63. The Labute approximate surface area is 638 Å². The number of hydrogen-bond donors (Lipinski definition) is 6. The van der Waals surface area contributed by atoms with E-state index in [1.54, 1.807) is 34.6 Å². The Hall–Kier alpha value is -2.88. The number of ether oxygens (including phenoxy) is 6. The lowest BCUT2D eigenvalue weighted by molar-refractivity contribution is -0.216. The minimum Gasteiger partial charge on any atom is -0.481 e. The van der Waals surface area contributed by atoms with Gasteiger partial charge in [0, 0.05) is 41.5 Å². The van der Waals surface area contributed by atoms with Crippen LogP contribution in [-0.2, 0) is 52.4 Å². The maximum atomic E-state index is 13.0. The van der Waals surface area contributed by atoms with Gasteiger partial charge in [-0.3, -0.25) is 28.8 Å². The molecule has 10 aliphatic carbocycles. The van der Waals surface area contributed by atoms with Crippen molar-refractivity contribution in [3.8, 4) is 0 Å². The van der Waals surface area contributed by atoms with Gasteiger partial charge in [0.25, 0.3) is 5.24 Å². The molecule has 13 rings (SSSR count). The van der Waals surface area contributed by atoms with Gasteiger partial charge in [-0.25, -0.2) is 0 Å². The number of hydrogen-bond acceptors (Lipinski definition) is 17. The van der Waals surface area contributed by atoms with E-state index in [2.05, 4.69) is 69.2 Å². The normalized spacial score (nSPS) is 43.3. The molecule has 4 spiro atoms. The van der Waals surface area contributed by atoms with Crippen molar-refractivity contribution < 1.29 is 87.8 Å². The Bertz CT molecular complexity index is 3430. The van der Waals surface area contributed by atoms with Crippen molar-refractivity contribution in [3.05, 3.63) is 32.8 Å². The Morgan fingerprint density at radius 2 is 0.942 bits per heavy atom. The molecule has 0 bridgehead atoms. The fourth-order valence-electron chi connectivity index (χ4n) is 26.5. The molecule has 0 aromatic heterocycles. The van der Waals surface area contributed by atoms with E-state index in [0.29, 0.717) is 47.0 Å². The number of aliphatic hydroxyl groups excluding tert-OH is 3. The average Bonchev–Trinajstić information content (AvgIpc) is 1.46. The molecule has 10 saturated carbocycles. The predicted molar refractivity (Wildman–Crippen MR) is 396 cm³/mol. The van der Waals surface area contributed by atoms with Crippen LogP contribution in [0.1, 0.15) is 271 Å². The van der Waals surface area contributed by atoms with Gasteiger partial charge in [0.1, 0.15) is 11.7 Å². The summed E-state index contributed by atoms with van der Waals surface area (Å²) in [7, 11) is 0. The molecule has 6 N–H and O–H groups in total. The summed E-state index contributed by atoms with van der Waals surface area (Å²) in [5.41, 5.74) is -3.13. The molecular formula is C82H124Cl4O18. The van der Waals surface area contributed by atoms with Crippen molar-refractivity contribution in [2.45, 2.75) is 338 Å². The molecule has 2 aliphatic heterocycles. The molecule has 2 saturated heterocycles. The van der Waals surface area contributed by atoms with E-state index in [4.69, 9.17) is 79.9 Å². The van der Waals surface area contributed by atoms with Crippen molar-refractivity contribution in [1.29, 1.82) is 0 Å². The predicted octanol–water partition coefficient (Wildman–Crippen LogP) is 15.9. The Morgan fingerprint density at radius 3 is 1.32 bits per heavy atom. The highest BCUT2D eigenvalue weighted by Gasteiger charge is 2.87. The van der Waals surface area contributed by atoms with E-state index < -0.39 is 76.6 Å². The zero-order valence-electron chi connectivity index (χ0n) is 65.6. The zero-order valence-corrected chi connectivity index (χ0v) is 68.6. The topological polar surface area (TPSA) is 279 Å². The second-order valence-electron chi connectivity index (χ2n) is 38.8. The average molecular weight is 1540 g/mol. The van der Waals surface area contributed by atoms with E-state index >= 15 is 0 Å². The molecule has 104 heavy (non-hydrogen) atoms. The molecule has 2 heterocycles. The van der Waals surface area contributed by atoms with Crippen molar-refractivity contribution in [2.75, 3.05) is 0 Å². The van der Waals surface area contributed by atoms with Crippen LogP contribution >= 0.6 is 46.4 Å². The number of benzene rings is 1. The number of rotatable bonds is 12. The molecule has 18 nitrogen and oxygen atoms in total. The monoisotopic (exact) mass is 1540 g/mol. The molecule has 4 unspecified atom stereocenters. The van der Waals surface area contributed by atoms with Crippen LogP contribution in [0.15, 0.2) is 12.1 Å². The van der Waals surface area contributed by atoms with E-state index in [1.165, 1.54) is 38.8 Å². The van der Waals surface area contributed by atoms with Crippen molar-refractivity contribution in [3.63, 3.8) is 0 Å². The number of carbonyl (C=O) groups is 6. The van der Waals surface area contributed by atoms with E-state index in [1.807, 2.05) is 20.8 Å². The third-order valence-electron chi connectivity index (χ3n) is 31.0. The number of aliphatic carboxylic acids is 1. The Kier molecular flexibility index (Phi) is 22.8. The highest BCUT2D eigenvalue weighted by molar-refractivity contribution is 6.70. The summed E-state index contributed by atoms with van der Waals surface area (Å²) >= 11 is 22.1. The zero-order chi connectivity index (χ0) is 77.8. The number of carboxylic acids is 1. The van der Waals surface area contributed by atoms with Gasteiger partial charge >= 0.3 is 29.8 Å². The van der Waals surface area contributed by atoms with E-state index in [0.717, 1.165) is 77.0 Å². The van der Waals surface area contributed by atoms with Crippen LogP contribution in [0.4, 0.5) is 0 Å². The first-order valence-electron chi connectivity index (χ1n) is 38.8. The fraction of sp³-hybridized carbons (Fsp3) is 0.854. The SMILES string of the molecule is CC(=O)O[C@@H]([C@H]1C[C@@H](C)C2[C@H](O1)[C@H](O)[C@@]1(C)[C@@H]3CC[C@H]4C(C)(C)[C@@H](O)CCC45C[C@@]35CC[C@]21C)C(C)(C)O.CC(=O)O[C@@H]([C@H]1C[C@@H](C)C2[C@H](O1)[C@H](O)[C@@]1(C)[C@@H]3CC[C@H]4C(C)(C)[C@@H](OC(=O)CCC(=O)OC(C)(C)C)CCC45C[C@@]35CC[C@]21C)C(C)(C)O.CCC(=O)O.O=C(Cl)c1c(Cl)cc(Cl)cc1Cl. The van der Waals surface area contributed by atoms with Crippen LogP contribution in [-0.4, -0.2) is 144 Å². The standard InChI is InChI=1S/C40H64O9.C32H52O6.C7H2Cl4O.C3H6O2/c1-22-20-24(33(36(8,9)45)46-23(2)41)47-31-30(22)37(10)18-19-40-21-39(40)17-16-27(48-28(42)14-15-29(43)49-34(3,4)5)35(6,7)25(39)12-13-26(40)38(37,11)32(31)44;1-17-15-19(26(28(5,6)36)37-18(2)33)38-24-23(17)29(7)13-14-32-16-31(32)12-11-22(34)27(3,4)20(31)9-10-21(32)30(29,8)25(24)35;8-3-1-4(9)6(7(11)12)5(10)2-3;1-2-3(4)5/h22,24-27,30-33,44-45H,12-21H2,1-11H3;17,19-26,34-36H,9-16H2,1-8H3;1-2H;2H2,1H3,(H,4,5)/t22-,24-,25+,26+,27+,30?,31+,32+,33+,37-,38-,39?,40+;17-,19-,20+,21+,22+,23?,24+,25+,26+,29-,30-,31?,32+;;/m11../s1. The molecule has 0 radical (unpaired) electrons. The third kappa shape index (κ3) is 13.6. The molecule has 588 valence electrons. The number of esters is 4. The number of fused-ring (bicyclic) bond motifs is 8. The van der Waals surface area contributed by atoms with E-state index in [-0.39, 0.29) is 144 Å². The van der Waals surface area contributed by atoms with Gasteiger partial charge in [0.05, 0.1) is 82.4 Å². The summed E-state index contributed by atoms with van der Waals surface area (Å²) < 4.78 is 36.4. The lowest BCUT2D eigenvalue weighted by atomic mass is 9.41. The minimum atomic E-state index is -1.28. The maximum Gasteiger partial charge on any atom is 0.306 e.